The van der Waals surface area contributed by atoms with Gasteiger partial charge in [0.05, 0.1) is 0 Å². The van der Waals surface area contributed by atoms with Crippen LogP contribution in [0.2, 0.25) is 0 Å². The number of hydrogen-bond acceptors (Lipinski definition) is 4. The molecule has 0 spiro atoms. The van der Waals surface area contributed by atoms with Gasteiger partial charge in [0.2, 0.25) is 0 Å². The minimum Gasteiger partial charge on any atom is -0.392 e. The van der Waals surface area contributed by atoms with Crippen LogP contribution in [0.15, 0.2) is 39.5 Å². The molecule has 1 aliphatic rings. The Balaban J connectivity index is 2.49. The number of nitrogens with one attached hydrogen (secondary N) is 1. The van der Waals surface area contributed by atoms with Crippen molar-refractivity contribution in [2.24, 2.45) is 0 Å². The molecule has 1 aromatic rings. The summed E-state index contributed by atoms with van der Waals surface area (Å²) in [5.41, 5.74) is 4.44. The highest BCUT2D eigenvalue weighted by atomic mass is 79.9. The number of carbonyl (C=O) groups is 1. The van der Waals surface area contributed by atoms with E-state index in [9.17, 15) is 18.0 Å². The van der Waals surface area contributed by atoms with Crippen LogP contribution in [0, 0.1) is 6.92 Å². The number of ether oxygens (including phenoxy) is 1. The lowest BCUT2D eigenvalue weighted by Crippen LogP contribution is -2.45. The van der Waals surface area contributed by atoms with Gasteiger partial charge < -0.3 is 15.0 Å². The lowest BCUT2D eigenvalue weighted by atomic mass is 9.95. The van der Waals surface area contributed by atoms with E-state index in [2.05, 4.69) is 21.2 Å². The second-order valence-electron chi connectivity index (χ2n) is 7.88. The van der Waals surface area contributed by atoms with Gasteiger partial charge in [-0.1, -0.05) is 15.9 Å². The molecular formula is C23H30BrF3N2O2. The van der Waals surface area contributed by atoms with Gasteiger partial charge in [0.25, 0.3) is 0 Å². The maximum Gasteiger partial charge on any atom is 0.405 e. The average molecular weight is 503 g/mol. The predicted molar refractivity (Wildman–Crippen MR) is 121 cm³/mol. The molecule has 31 heavy (non-hydrogen) atoms. The molecule has 0 saturated carbocycles. The van der Waals surface area contributed by atoms with Crippen molar-refractivity contribution < 1.29 is 22.7 Å². The maximum absolute atomic E-state index is 13.5. The number of aldehydes is 1. The third kappa shape index (κ3) is 7.38. The number of benzene rings is 1. The van der Waals surface area contributed by atoms with Gasteiger partial charge in [-0.25, -0.2) is 0 Å². The summed E-state index contributed by atoms with van der Waals surface area (Å²) >= 11 is 3.46. The topological polar surface area (TPSA) is 41.6 Å². The van der Waals surface area contributed by atoms with Crippen molar-refractivity contribution in [2.75, 3.05) is 31.7 Å². The highest BCUT2D eigenvalue weighted by Crippen LogP contribution is 2.35. The molecule has 0 amide bonds. The van der Waals surface area contributed by atoms with E-state index >= 15 is 0 Å². The molecule has 1 heterocycles. The molecule has 0 aromatic heterocycles. The second kappa shape index (κ2) is 11.2. The first kappa shape index (κ1) is 25.5. The lowest BCUT2D eigenvalue weighted by Gasteiger charge is -2.38. The third-order valence-corrected chi connectivity index (χ3v) is 6.06. The Morgan fingerprint density at radius 1 is 1.29 bits per heavy atom. The quantitative estimate of drug-likeness (QED) is 0.290. The van der Waals surface area contributed by atoms with E-state index in [1.54, 1.807) is 13.1 Å². The first-order valence-electron chi connectivity index (χ1n) is 10.3. The maximum atomic E-state index is 13.5. The lowest BCUT2D eigenvalue weighted by molar-refractivity contribution is -0.121. The van der Waals surface area contributed by atoms with Gasteiger partial charge in [-0.05, 0) is 74.1 Å². The van der Waals surface area contributed by atoms with Crippen LogP contribution in [0.3, 0.4) is 0 Å². The molecule has 2 rings (SSSR count). The van der Waals surface area contributed by atoms with Crippen molar-refractivity contribution in [3.05, 3.63) is 50.7 Å². The Labute approximate surface area is 190 Å². The van der Waals surface area contributed by atoms with E-state index in [1.165, 1.54) is 4.90 Å². The second-order valence-corrected chi connectivity index (χ2v) is 8.79. The van der Waals surface area contributed by atoms with E-state index in [-0.39, 0.29) is 6.04 Å². The van der Waals surface area contributed by atoms with E-state index in [1.807, 2.05) is 32.9 Å². The van der Waals surface area contributed by atoms with Crippen molar-refractivity contribution in [3.63, 3.8) is 0 Å². The molecular weight excluding hydrogens is 473 g/mol. The standard InChI is InChI=1S/C23H30BrF3N2O2/c1-15(9-16(2)28-4)19(13-30)10-18-11-20(24)12-22(17(18)3)29(14-23(25,26)27)21-5-7-31-8-6-21/h9,11-13,21,28H,5-8,10,14H2,1-4H3/b16-9-,19-15-. The van der Waals surface area contributed by atoms with Crippen LogP contribution in [0.4, 0.5) is 18.9 Å². The van der Waals surface area contributed by atoms with E-state index in [4.69, 9.17) is 4.74 Å². The highest BCUT2D eigenvalue weighted by Gasteiger charge is 2.35. The fourth-order valence-electron chi connectivity index (χ4n) is 3.77. The van der Waals surface area contributed by atoms with Crippen molar-refractivity contribution in [1.29, 1.82) is 0 Å². The smallest absolute Gasteiger partial charge is 0.392 e. The Bertz CT molecular complexity index is 844. The molecule has 1 saturated heterocycles. The number of rotatable bonds is 8. The summed E-state index contributed by atoms with van der Waals surface area (Å²) in [6, 6.07) is 3.36. The summed E-state index contributed by atoms with van der Waals surface area (Å²) in [5, 5.41) is 3.02. The molecule has 1 fully saturated rings. The largest absolute Gasteiger partial charge is 0.405 e. The van der Waals surface area contributed by atoms with Gasteiger partial charge >= 0.3 is 6.18 Å². The van der Waals surface area contributed by atoms with Crippen LogP contribution in [0.5, 0.6) is 0 Å². The molecule has 8 heteroatoms. The molecule has 1 aliphatic heterocycles. The van der Waals surface area contributed by atoms with Crippen LogP contribution in [-0.4, -0.2) is 45.3 Å². The number of allylic oxidation sites excluding steroid dienone is 4. The minimum absolute atomic E-state index is 0.250. The summed E-state index contributed by atoms with van der Waals surface area (Å²) < 4.78 is 46.4. The van der Waals surface area contributed by atoms with Crippen LogP contribution >= 0.6 is 15.9 Å². The monoisotopic (exact) mass is 502 g/mol. The van der Waals surface area contributed by atoms with Crippen LogP contribution in [0.1, 0.15) is 37.8 Å². The zero-order valence-corrected chi connectivity index (χ0v) is 20.0. The van der Waals surface area contributed by atoms with Crippen molar-refractivity contribution in [1.82, 2.24) is 5.32 Å². The average Bonchev–Trinajstić information content (AvgIpc) is 2.72. The van der Waals surface area contributed by atoms with Gasteiger partial charge in [-0.15, -0.1) is 0 Å². The predicted octanol–water partition coefficient (Wildman–Crippen LogP) is 5.49. The first-order valence-corrected chi connectivity index (χ1v) is 11.1. The van der Waals surface area contributed by atoms with Gasteiger partial charge in [-0.2, -0.15) is 13.2 Å². The fourth-order valence-corrected chi connectivity index (χ4v) is 4.26. The fraction of sp³-hybridized carbons (Fsp3) is 0.522. The summed E-state index contributed by atoms with van der Waals surface area (Å²) in [6.45, 7) is 5.47. The minimum atomic E-state index is -4.33. The van der Waals surface area contributed by atoms with E-state index in [0.29, 0.717) is 48.2 Å². The molecule has 0 radical (unpaired) electrons. The summed E-state index contributed by atoms with van der Waals surface area (Å²) in [7, 11) is 1.80. The molecule has 172 valence electrons. The Hall–Kier alpha value is -1.80. The number of anilines is 1. The number of nitrogens with zero attached hydrogens (tertiary/aromatic N) is 1. The number of hydrogen-bond donors (Lipinski definition) is 1. The van der Waals surface area contributed by atoms with Gasteiger partial charge in [0, 0.05) is 48.6 Å². The Kier molecular flexibility index (Phi) is 9.18. The Morgan fingerprint density at radius 2 is 1.94 bits per heavy atom. The van der Waals surface area contributed by atoms with Crippen LogP contribution < -0.4 is 10.2 Å². The number of carbonyl (C=O) groups excluding carboxylic acids is 1. The number of halogens is 4. The molecule has 0 aliphatic carbocycles. The molecule has 0 unspecified atom stereocenters. The number of alkyl halides is 3. The van der Waals surface area contributed by atoms with Crippen LogP contribution in [-0.2, 0) is 16.0 Å². The summed E-state index contributed by atoms with van der Waals surface area (Å²) in [4.78, 5) is 13.2. The van der Waals surface area contributed by atoms with E-state index in [0.717, 1.165) is 28.7 Å². The Morgan fingerprint density at radius 3 is 2.48 bits per heavy atom. The molecule has 0 atom stereocenters. The van der Waals surface area contributed by atoms with Gasteiger partial charge in [-0.3, -0.25) is 4.79 Å². The van der Waals surface area contributed by atoms with Crippen molar-refractivity contribution in [2.45, 2.75) is 52.3 Å². The third-order valence-electron chi connectivity index (χ3n) is 5.60. The van der Waals surface area contributed by atoms with Gasteiger partial charge in [0.15, 0.2) is 0 Å². The van der Waals surface area contributed by atoms with Gasteiger partial charge in [0.1, 0.15) is 12.8 Å². The summed E-state index contributed by atoms with van der Waals surface area (Å²) in [6.07, 6.45) is -0.188. The first-order chi connectivity index (χ1) is 14.6. The SMILES string of the molecule is CN/C(C)=C\C(C)=C(/C=O)Cc1cc(Br)cc(N(CC(F)(F)F)C2CCOCC2)c1C. The molecule has 1 N–H and O–H groups in total. The van der Waals surface area contributed by atoms with Crippen molar-refractivity contribution in [3.8, 4) is 0 Å². The zero-order valence-electron chi connectivity index (χ0n) is 18.4. The van der Waals surface area contributed by atoms with Crippen LogP contribution in [0.25, 0.3) is 0 Å². The van der Waals surface area contributed by atoms with E-state index < -0.39 is 12.7 Å². The normalized spacial score (nSPS) is 16.7. The molecule has 0 bridgehead atoms. The zero-order chi connectivity index (χ0) is 23.2. The molecule has 4 nitrogen and oxygen atoms in total. The summed E-state index contributed by atoms with van der Waals surface area (Å²) in [5.74, 6) is 0. The van der Waals surface area contributed by atoms with Crippen molar-refractivity contribution >= 4 is 27.9 Å². The highest BCUT2D eigenvalue weighted by molar-refractivity contribution is 9.10. The molecule has 1 aromatic carbocycles.